The number of hydrogen-bond donors (Lipinski definition) is 1. The number of azo groups is 1. The first-order valence-corrected chi connectivity index (χ1v) is 10.4. The lowest BCUT2D eigenvalue weighted by Crippen LogP contribution is -2.26. The second-order valence-electron chi connectivity index (χ2n) is 6.60. The molecule has 0 bridgehead atoms. The molecule has 7 nitrogen and oxygen atoms in total. The number of pyridine rings is 2. The van der Waals surface area contributed by atoms with Crippen molar-refractivity contribution < 1.29 is 13.0 Å². The fraction of sp³-hybridized carbons (Fsp3) is 0.200. The first-order chi connectivity index (χ1) is 13.5. The molecule has 0 saturated heterocycles. The predicted octanol–water partition coefficient (Wildman–Crippen LogP) is 4.00. The molecule has 1 unspecified atom stereocenters. The van der Waals surface area contributed by atoms with Crippen molar-refractivity contribution in [3.05, 3.63) is 78.4 Å². The molecule has 1 aliphatic heterocycles. The Morgan fingerprint density at radius 1 is 0.964 bits per heavy atom. The van der Waals surface area contributed by atoms with E-state index in [9.17, 15) is 8.42 Å². The van der Waals surface area contributed by atoms with E-state index in [1.54, 1.807) is 18.6 Å². The molecular weight excluding hydrogens is 376 g/mol. The van der Waals surface area contributed by atoms with Crippen molar-refractivity contribution in [2.75, 3.05) is 5.75 Å². The lowest BCUT2D eigenvalue weighted by atomic mass is 9.79. The summed E-state index contributed by atoms with van der Waals surface area (Å²) in [5, 5.41) is 9.64. The summed E-state index contributed by atoms with van der Waals surface area (Å²) in [6.07, 6.45) is 5.67. The van der Waals surface area contributed by atoms with Gasteiger partial charge in [-0.3, -0.25) is 14.5 Å². The number of benzene rings is 1. The Hall–Kier alpha value is -2.97. The molecule has 1 aromatic carbocycles. The molecule has 0 spiro atoms. The third kappa shape index (κ3) is 3.44. The van der Waals surface area contributed by atoms with Gasteiger partial charge in [0.25, 0.3) is 10.1 Å². The maximum absolute atomic E-state index is 11.2. The normalized spacial score (nSPS) is 19.1. The third-order valence-corrected chi connectivity index (χ3v) is 5.63. The minimum Gasteiger partial charge on any atom is -0.286 e. The lowest BCUT2D eigenvalue weighted by Gasteiger charge is -2.28. The largest absolute Gasteiger partial charge is 0.286 e. The average molecular weight is 394 g/mol. The fourth-order valence-corrected chi connectivity index (χ4v) is 4.10. The maximum Gasteiger partial charge on any atom is 0.264 e. The number of hydrogen-bond acceptors (Lipinski definition) is 6. The van der Waals surface area contributed by atoms with Crippen LogP contribution < -0.4 is 0 Å². The molecule has 28 heavy (non-hydrogen) atoms. The van der Waals surface area contributed by atoms with Crippen LogP contribution in [0.3, 0.4) is 0 Å². The van der Waals surface area contributed by atoms with E-state index in [0.717, 1.165) is 22.0 Å². The zero-order chi connectivity index (χ0) is 19.6. The van der Waals surface area contributed by atoms with Crippen molar-refractivity contribution in [1.29, 1.82) is 0 Å². The Morgan fingerprint density at radius 3 is 2.57 bits per heavy atom. The van der Waals surface area contributed by atoms with Crippen LogP contribution in [0.4, 0.5) is 0 Å². The third-order valence-electron chi connectivity index (χ3n) is 4.83. The Labute approximate surface area is 162 Å². The highest BCUT2D eigenvalue weighted by molar-refractivity contribution is 7.85. The van der Waals surface area contributed by atoms with E-state index in [-0.39, 0.29) is 12.2 Å². The van der Waals surface area contributed by atoms with Crippen LogP contribution in [0.5, 0.6) is 0 Å². The zero-order valence-corrected chi connectivity index (χ0v) is 15.7. The summed E-state index contributed by atoms with van der Waals surface area (Å²) in [5.41, 5.74) is 2.36. The van der Waals surface area contributed by atoms with Gasteiger partial charge < -0.3 is 0 Å². The quantitative estimate of drug-likeness (QED) is 0.636. The molecule has 0 amide bonds. The maximum atomic E-state index is 11.2. The highest BCUT2D eigenvalue weighted by atomic mass is 32.2. The molecule has 2 aromatic heterocycles. The first kappa shape index (κ1) is 18.4. The van der Waals surface area contributed by atoms with Crippen molar-refractivity contribution in [3.8, 4) is 0 Å². The van der Waals surface area contributed by atoms with Crippen LogP contribution in [-0.4, -0.2) is 28.7 Å². The standard InChI is InChI=1S/C20H18N4O3S/c25-28(26,27)13-5-10-20(19-8-3-4-11-22-19)17(14-23-24-20)15-9-12-21-18-7-2-1-6-16(15)18/h1-4,6-9,11-12,14H,5,10,13H2,(H,25,26,27). The Morgan fingerprint density at radius 2 is 1.79 bits per heavy atom. The second-order valence-corrected chi connectivity index (χ2v) is 8.17. The van der Waals surface area contributed by atoms with Gasteiger partial charge in [-0.05, 0) is 42.7 Å². The predicted molar refractivity (Wildman–Crippen MR) is 106 cm³/mol. The van der Waals surface area contributed by atoms with Gasteiger partial charge in [-0.1, -0.05) is 24.3 Å². The van der Waals surface area contributed by atoms with Crippen molar-refractivity contribution in [3.63, 3.8) is 0 Å². The highest BCUT2D eigenvalue weighted by Crippen LogP contribution is 2.47. The van der Waals surface area contributed by atoms with E-state index >= 15 is 0 Å². The molecule has 0 aliphatic carbocycles. The summed E-state index contributed by atoms with van der Waals surface area (Å²) in [7, 11) is -4.06. The van der Waals surface area contributed by atoms with Gasteiger partial charge in [-0.25, -0.2) is 0 Å². The average Bonchev–Trinajstić information content (AvgIpc) is 3.12. The molecule has 0 radical (unpaired) electrons. The van der Waals surface area contributed by atoms with E-state index in [0.29, 0.717) is 12.1 Å². The molecule has 0 fully saturated rings. The molecule has 142 valence electrons. The van der Waals surface area contributed by atoms with Crippen LogP contribution in [-0.2, 0) is 15.7 Å². The summed E-state index contributed by atoms with van der Waals surface area (Å²) < 4.78 is 31.6. The minimum absolute atomic E-state index is 0.217. The second kappa shape index (κ2) is 7.21. The van der Waals surface area contributed by atoms with Crippen LogP contribution in [0.25, 0.3) is 16.5 Å². The molecule has 8 heteroatoms. The zero-order valence-electron chi connectivity index (χ0n) is 14.9. The van der Waals surface area contributed by atoms with Gasteiger partial charge in [0.1, 0.15) is 0 Å². The number of fused-ring (bicyclic) bond motifs is 1. The van der Waals surface area contributed by atoms with E-state index in [4.69, 9.17) is 4.55 Å². The van der Waals surface area contributed by atoms with E-state index in [1.807, 2.05) is 48.5 Å². The summed E-state index contributed by atoms with van der Waals surface area (Å²) in [6, 6.07) is 15.2. The van der Waals surface area contributed by atoms with Gasteiger partial charge >= 0.3 is 0 Å². The SMILES string of the molecule is O=S(=O)(O)CCCC1(c2ccccn2)N=NC=C1c1ccnc2ccccc12. The molecule has 3 heterocycles. The van der Waals surface area contributed by atoms with Crippen LogP contribution >= 0.6 is 0 Å². The fourth-order valence-electron chi connectivity index (χ4n) is 3.59. The molecule has 3 aromatic rings. The van der Waals surface area contributed by atoms with Crippen LogP contribution in [0.1, 0.15) is 24.1 Å². The van der Waals surface area contributed by atoms with E-state index < -0.39 is 15.7 Å². The molecule has 1 atom stereocenters. The van der Waals surface area contributed by atoms with Gasteiger partial charge in [-0.2, -0.15) is 18.6 Å². The van der Waals surface area contributed by atoms with E-state index in [2.05, 4.69) is 20.2 Å². The smallest absolute Gasteiger partial charge is 0.264 e. The monoisotopic (exact) mass is 394 g/mol. The Balaban J connectivity index is 1.83. The molecule has 4 rings (SSSR count). The minimum atomic E-state index is -4.06. The summed E-state index contributed by atoms with van der Waals surface area (Å²) in [5.74, 6) is -0.346. The molecule has 0 saturated carbocycles. The van der Waals surface area contributed by atoms with Crippen molar-refractivity contribution in [2.24, 2.45) is 10.2 Å². The van der Waals surface area contributed by atoms with Gasteiger partial charge in [0.15, 0.2) is 5.54 Å². The van der Waals surface area contributed by atoms with Gasteiger partial charge in [0.2, 0.25) is 0 Å². The first-order valence-electron chi connectivity index (χ1n) is 8.83. The number of rotatable bonds is 6. The van der Waals surface area contributed by atoms with Gasteiger partial charge in [-0.15, -0.1) is 0 Å². The van der Waals surface area contributed by atoms with Crippen molar-refractivity contribution in [1.82, 2.24) is 9.97 Å². The van der Waals surface area contributed by atoms with E-state index in [1.165, 1.54) is 0 Å². The Bertz CT molecular complexity index is 1170. The Kier molecular flexibility index (Phi) is 4.74. The number of para-hydroxylation sites is 1. The summed E-state index contributed by atoms with van der Waals surface area (Å²) >= 11 is 0. The van der Waals surface area contributed by atoms with Gasteiger partial charge in [0.05, 0.1) is 23.2 Å². The number of nitrogens with zero attached hydrogens (tertiary/aromatic N) is 4. The van der Waals surface area contributed by atoms with Gasteiger partial charge in [0, 0.05) is 23.4 Å². The van der Waals surface area contributed by atoms with Crippen LogP contribution in [0.2, 0.25) is 0 Å². The van der Waals surface area contributed by atoms with Crippen molar-refractivity contribution >= 4 is 26.6 Å². The molecular formula is C20H18N4O3S. The number of aromatic nitrogens is 2. The van der Waals surface area contributed by atoms with Crippen LogP contribution in [0.15, 0.2) is 77.4 Å². The van der Waals surface area contributed by atoms with Crippen molar-refractivity contribution in [2.45, 2.75) is 18.4 Å². The van der Waals surface area contributed by atoms with Crippen LogP contribution in [0, 0.1) is 0 Å². The summed E-state index contributed by atoms with van der Waals surface area (Å²) in [6.45, 7) is 0. The lowest BCUT2D eigenvalue weighted by molar-refractivity contribution is 0.465. The highest BCUT2D eigenvalue weighted by Gasteiger charge is 2.41. The topological polar surface area (TPSA) is 105 Å². The summed E-state index contributed by atoms with van der Waals surface area (Å²) in [4.78, 5) is 8.89. The molecule has 1 N–H and O–H groups in total. The molecule has 1 aliphatic rings.